The highest BCUT2D eigenvalue weighted by atomic mass is 32.1. The van der Waals surface area contributed by atoms with Crippen molar-refractivity contribution in [1.29, 1.82) is 0 Å². The molecule has 2 aromatic carbocycles. The number of halogens is 2. The number of nitrogens with one attached hydrogen (secondary N) is 2. The second-order valence-electron chi connectivity index (χ2n) is 4.31. The van der Waals surface area contributed by atoms with Crippen molar-refractivity contribution in [3.05, 3.63) is 57.6 Å². The first-order chi connectivity index (χ1) is 10.0. The molecule has 3 rings (SSSR count). The van der Waals surface area contributed by atoms with Crippen molar-refractivity contribution in [3.8, 4) is 0 Å². The number of H-pyrrole nitrogens is 1. The summed E-state index contributed by atoms with van der Waals surface area (Å²) in [4.78, 5) is 15.0. The molecule has 1 aromatic heterocycles. The average Bonchev–Trinajstić information content (AvgIpc) is 2.81. The van der Waals surface area contributed by atoms with Crippen molar-refractivity contribution in [2.75, 3.05) is 5.32 Å². The summed E-state index contributed by atoms with van der Waals surface area (Å²) in [5.41, 5.74) is 1.49. The lowest BCUT2D eigenvalue weighted by molar-refractivity contribution is 0.102. The fourth-order valence-corrected chi connectivity index (χ4v) is 3.02. The van der Waals surface area contributed by atoms with E-state index in [0.717, 1.165) is 22.3 Å². The molecule has 0 aliphatic rings. The molecule has 0 aliphatic carbocycles. The van der Waals surface area contributed by atoms with Gasteiger partial charge in [0.2, 0.25) is 0 Å². The van der Waals surface area contributed by atoms with Crippen LogP contribution in [0.4, 0.5) is 14.5 Å². The van der Waals surface area contributed by atoms with Gasteiger partial charge < -0.3 is 10.3 Å². The van der Waals surface area contributed by atoms with Crippen LogP contribution in [-0.2, 0) is 0 Å². The Morgan fingerprint density at radius 1 is 1.14 bits per heavy atom. The summed E-state index contributed by atoms with van der Waals surface area (Å²) >= 11 is 6.44. The van der Waals surface area contributed by atoms with Gasteiger partial charge in [-0.15, -0.1) is 11.3 Å². The molecule has 21 heavy (non-hydrogen) atoms. The molecule has 7 heteroatoms. The maximum absolute atomic E-state index is 13.1. The normalized spacial score (nSPS) is 10.8. The average molecular weight is 322 g/mol. The Morgan fingerprint density at radius 3 is 2.71 bits per heavy atom. The number of carbonyl (C=O) groups is 1. The van der Waals surface area contributed by atoms with Gasteiger partial charge in [0.25, 0.3) is 5.91 Å². The molecule has 3 aromatic rings. The maximum Gasteiger partial charge on any atom is 0.255 e. The molecule has 0 fully saturated rings. The van der Waals surface area contributed by atoms with Crippen LogP contribution in [0.1, 0.15) is 10.4 Å². The molecule has 3 nitrogen and oxygen atoms in total. The number of rotatable bonds is 2. The van der Waals surface area contributed by atoms with Gasteiger partial charge in [-0.1, -0.05) is 0 Å². The van der Waals surface area contributed by atoms with Crippen LogP contribution in [0.2, 0.25) is 0 Å². The third kappa shape index (κ3) is 2.84. The Hall–Kier alpha value is -2.12. The van der Waals surface area contributed by atoms with Gasteiger partial charge >= 0.3 is 0 Å². The lowest BCUT2D eigenvalue weighted by Gasteiger charge is -2.05. The number of amides is 1. The first kappa shape index (κ1) is 13.8. The van der Waals surface area contributed by atoms with Crippen LogP contribution >= 0.6 is 23.6 Å². The minimum absolute atomic E-state index is 0.0516. The number of aromatic nitrogens is 1. The number of hydrogen-bond donors (Lipinski definition) is 2. The molecule has 0 spiro atoms. The largest absolute Gasteiger partial charge is 0.337 e. The van der Waals surface area contributed by atoms with Gasteiger partial charge in [-0.25, -0.2) is 8.78 Å². The predicted molar refractivity (Wildman–Crippen MR) is 81.3 cm³/mol. The fraction of sp³-hybridized carbons (Fsp3) is 0. The highest BCUT2D eigenvalue weighted by molar-refractivity contribution is 7.73. The quantitative estimate of drug-likeness (QED) is 0.683. The molecule has 1 amide bonds. The molecular formula is C14H8F2N2OS2. The third-order valence-corrected chi connectivity index (χ3v) is 4.06. The van der Waals surface area contributed by atoms with Gasteiger partial charge in [0.15, 0.2) is 15.6 Å². The second kappa shape index (κ2) is 5.34. The van der Waals surface area contributed by atoms with Gasteiger partial charge in [0, 0.05) is 11.3 Å². The van der Waals surface area contributed by atoms with Crippen molar-refractivity contribution >= 4 is 45.4 Å². The molecule has 1 heterocycles. The number of hydrogen-bond acceptors (Lipinski definition) is 3. The van der Waals surface area contributed by atoms with Gasteiger partial charge in [0.05, 0.1) is 10.2 Å². The zero-order valence-electron chi connectivity index (χ0n) is 10.4. The molecule has 0 saturated carbocycles. The predicted octanol–water partition coefficient (Wildman–Crippen LogP) is 4.49. The van der Waals surface area contributed by atoms with Gasteiger partial charge in [-0.05, 0) is 48.6 Å². The number of thiazole rings is 1. The third-order valence-electron chi connectivity index (χ3n) is 2.86. The van der Waals surface area contributed by atoms with E-state index < -0.39 is 17.5 Å². The number of benzene rings is 2. The highest BCUT2D eigenvalue weighted by Gasteiger charge is 2.10. The minimum Gasteiger partial charge on any atom is -0.337 e. The summed E-state index contributed by atoms with van der Waals surface area (Å²) in [6.45, 7) is 0. The Kier molecular flexibility index (Phi) is 3.52. The zero-order valence-corrected chi connectivity index (χ0v) is 12.1. The molecule has 0 unspecified atom stereocenters. The lowest BCUT2D eigenvalue weighted by Crippen LogP contribution is -2.12. The fourth-order valence-electron chi connectivity index (χ4n) is 1.86. The van der Waals surface area contributed by atoms with E-state index in [1.165, 1.54) is 17.4 Å². The smallest absolute Gasteiger partial charge is 0.255 e. The van der Waals surface area contributed by atoms with Crippen molar-refractivity contribution in [2.24, 2.45) is 0 Å². The highest BCUT2D eigenvalue weighted by Crippen LogP contribution is 2.23. The van der Waals surface area contributed by atoms with Crippen LogP contribution in [0.25, 0.3) is 10.2 Å². The van der Waals surface area contributed by atoms with Gasteiger partial charge in [-0.3, -0.25) is 4.79 Å². The van der Waals surface area contributed by atoms with Crippen molar-refractivity contribution in [2.45, 2.75) is 0 Å². The van der Waals surface area contributed by atoms with E-state index in [2.05, 4.69) is 10.3 Å². The topological polar surface area (TPSA) is 44.9 Å². The van der Waals surface area contributed by atoms with E-state index in [1.54, 1.807) is 18.2 Å². The van der Waals surface area contributed by atoms with Crippen molar-refractivity contribution in [1.82, 2.24) is 4.98 Å². The molecule has 0 saturated heterocycles. The molecule has 0 atom stereocenters. The van der Waals surface area contributed by atoms with Crippen LogP contribution in [-0.4, -0.2) is 10.9 Å². The van der Waals surface area contributed by atoms with Crippen LogP contribution in [0.3, 0.4) is 0 Å². The van der Waals surface area contributed by atoms with Crippen molar-refractivity contribution < 1.29 is 13.6 Å². The molecule has 106 valence electrons. The van der Waals surface area contributed by atoms with Crippen LogP contribution < -0.4 is 5.32 Å². The minimum atomic E-state index is -1.05. The monoisotopic (exact) mass is 322 g/mol. The van der Waals surface area contributed by atoms with Crippen LogP contribution in [0, 0.1) is 15.6 Å². The second-order valence-corrected chi connectivity index (χ2v) is 6.03. The summed E-state index contributed by atoms with van der Waals surface area (Å²) < 4.78 is 27.5. The first-order valence-electron chi connectivity index (χ1n) is 5.92. The standard InChI is InChI=1S/C14H8F2N2OS2/c15-9-3-1-7(5-10(9)16)13(19)17-8-2-4-11-12(6-8)21-14(20)18-11/h1-6H,(H,17,19)(H,18,20). The zero-order chi connectivity index (χ0) is 15.0. The van der Waals surface area contributed by atoms with Crippen LogP contribution in [0.15, 0.2) is 36.4 Å². The molecule has 2 N–H and O–H groups in total. The summed E-state index contributed by atoms with van der Waals surface area (Å²) in [5.74, 6) is -2.55. The Bertz CT molecular complexity index is 901. The Balaban J connectivity index is 1.88. The Morgan fingerprint density at radius 2 is 1.95 bits per heavy atom. The first-order valence-corrected chi connectivity index (χ1v) is 7.15. The number of anilines is 1. The molecular weight excluding hydrogens is 314 g/mol. The van der Waals surface area contributed by atoms with E-state index in [1.807, 2.05) is 0 Å². The summed E-state index contributed by atoms with van der Waals surface area (Å²) in [7, 11) is 0. The van der Waals surface area contributed by atoms with Gasteiger partial charge in [-0.2, -0.15) is 0 Å². The number of carbonyl (C=O) groups excluding carboxylic acids is 1. The summed E-state index contributed by atoms with van der Waals surface area (Å²) in [6, 6.07) is 8.28. The van der Waals surface area contributed by atoms with Crippen molar-refractivity contribution in [3.63, 3.8) is 0 Å². The van der Waals surface area contributed by atoms with E-state index in [4.69, 9.17) is 12.2 Å². The van der Waals surface area contributed by atoms with Gasteiger partial charge in [0.1, 0.15) is 0 Å². The van der Waals surface area contributed by atoms with E-state index in [-0.39, 0.29) is 5.56 Å². The molecule has 0 radical (unpaired) electrons. The number of fused-ring (bicyclic) bond motifs is 1. The van der Waals surface area contributed by atoms with E-state index >= 15 is 0 Å². The molecule has 0 bridgehead atoms. The van der Waals surface area contributed by atoms with Crippen LogP contribution in [0.5, 0.6) is 0 Å². The maximum atomic E-state index is 13.1. The SMILES string of the molecule is O=C(Nc1ccc2[nH]c(=S)sc2c1)c1ccc(F)c(F)c1. The summed E-state index contributed by atoms with van der Waals surface area (Å²) in [5, 5.41) is 2.64. The molecule has 0 aliphatic heterocycles. The Labute approximate surface area is 127 Å². The van der Waals surface area contributed by atoms with E-state index in [0.29, 0.717) is 9.64 Å². The van der Waals surface area contributed by atoms with E-state index in [9.17, 15) is 13.6 Å². The summed E-state index contributed by atoms with van der Waals surface area (Å²) in [6.07, 6.45) is 0. The number of aromatic amines is 1. The lowest BCUT2D eigenvalue weighted by atomic mass is 10.2.